The number of sulfone groups is 1. The number of hydrogen-bond donors (Lipinski definition) is 2. The lowest BCUT2D eigenvalue weighted by atomic mass is 10.5. The van der Waals surface area contributed by atoms with E-state index < -0.39 is 15.1 Å². The third-order valence-corrected chi connectivity index (χ3v) is 2.87. The van der Waals surface area contributed by atoms with Gasteiger partial charge in [0, 0.05) is 6.26 Å². The van der Waals surface area contributed by atoms with Crippen LogP contribution in [0.15, 0.2) is 4.99 Å². The molecule has 0 aromatic heterocycles. The largest absolute Gasteiger partial charge is 0.370 e. The van der Waals surface area contributed by atoms with E-state index in [1.807, 2.05) is 0 Å². The molecule has 0 bridgehead atoms. The monoisotopic (exact) mass is 179 g/mol. The topological polar surface area (TPSA) is 98.5 Å². The summed E-state index contributed by atoms with van der Waals surface area (Å²) >= 11 is 0. The van der Waals surface area contributed by atoms with Gasteiger partial charge >= 0.3 is 0 Å². The van der Waals surface area contributed by atoms with Crippen LogP contribution in [0, 0.1) is 0 Å². The Kier molecular flexibility index (Phi) is 3.31. The van der Waals surface area contributed by atoms with E-state index in [4.69, 9.17) is 11.5 Å². The second kappa shape index (κ2) is 3.56. The molecule has 0 amide bonds. The molecular formula is C5H13N3O2S. The molecule has 0 fully saturated rings. The van der Waals surface area contributed by atoms with Crippen LogP contribution in [-0.2, 0) is 9.84 Å². The minimum Gasteiger partial charge on any atom is -0.370 e. The van der Waals surface area contributed by atoms with Gasteiger partial charge in [-0.2, -0.15) is 0 Å². The summed E-state index contributed by atoms with van der Waals surface area (Å²) in [5.74, 6) is -0.0829. The molecule has 0 radical (unpaired) electrons. The third kappa shape index (κ3) is 4.60. The van der Waals surface area contributed by atoms with Crippen molar-refractivity contribution >= 4 is 15.8 Å². The van der Waals surface area contributed by atoms with E-state index in [0.717, 1.165) is 6.26 Å². The Labute approximate surface area is 66.4 Å². The number of hydrogen-bond acceptors (Lipinski definition) is 3. The molecule has 0 saturated carbocycles. The van der Waals surface area contributed by atoms with Crippen LogP contribution in [-0.4, -0.2) is 32.4 Å². The van der Waals surface area contributed by atoms with Crippen molar-refractivity contribution < 1.29 is 8.42 Å². The first kappa shape index (κ1) is 10.2. The zero-order chi connectivity index (χ0) is 9.07. The summed E-state index contributed by atoms with van der Waals surface area (Å²) in [5.41, 5.74) is 10.0. The number of nitrogens with zero attached hydrogens (tertiary/aromatic N) is 1. The molecular weight excluding hydrogens is 166 g/mol. The maximum Gasteiger partial charge on any atom is 0.185 e. The minimum atomic E-state index is -3.02. The van der Waals surface area contributed by atoms with Crippen LogP contribution in [0.3, 0.4) is 0 Å². The van der Waals surface area contributed by atoms with Gasteiger partial charge in [-0.15, -0.1) is 0 Å². The molecule has 11 heavy (non-hydrogen) atoms. The number of rotatable bonds is 3. The molecule has 1 atom stereocenters. The van der Waals surface area contributed by atoms with E-state index in [2.05, 4.69) is 4.99 Å². The summed E-state index contributed by atoms with van der Waals surface area (Å²) in [5, 5.41) is -0.524. The molecule has 1 unspecified atom stereocenters. The molecule has 0 rings (SSSR count). The lowest BCUT2D eigenvalue weighted by Crippen LogP contribution is -2.26. The zero-order valence-electron chi connectivity index (χ0n) is 6.61. The summed E-state index contributed by atoms with van der Waals surface area (Å²) in [6.45, 7) is 1.68. The molecule has 6 heteroatoms. The lowest BCUT2D eigenvalue weighted by molar-refractivity contribution is 0.590. The molecule has 0 aromatic rings. The smallest absolute Gasteiger partial charge is 0.185 e. The summed E-state index contributed by atoms with van der Waals surface area (Å²) in [6, 6.07) is 0. The van der Waals surface area contributed by atoms with Gasteiger partial charge in [0.15, 0.2) is 15.8 Å². The van der Waals surface area contributed by atoms with Crippen molar-refractivity contribution in [3.8, 4) is 0 Å². The molecule has 0 aromatic carbocycles. The van der Waals surface area contributed by atoms with Crippen molar-refractivity contribution in [2.45, 2.75) is 12.2 Å². The fourth-order valence-electron chi connectivity index (χ4n) is 0.369. The molecule has 66 valence electrons. The van der Waals surface area contributed by atoms with Gasteiger partial charge < -0.3 is 11.5 Å². The van der Waals surface area contributed by atoms with Crippen molar-refractivity contribution in [1.29, 1.82) is 0 Å². The summed E-state index contributed by atoms with van der Waals surface area (Å²) in [4.78, 5) is 3.58. The SMILES string of the molecule is CC(CN=C(N)N)S(C)(=O)=O. The van der Waals surface area contributed by atoms with Crippen molar-refractivity contribution in [2.24, 2.45) is 16.5 Å². The zero-order valence-corrected chi connectivity index (χ0v) is 7.43. The Morgan fingerprint density at radius 3 is 2.27 bits per heavy atom. The Balaban J connectivity index is 4.11. The Morgan fingerprint density at radius 1 is 1.55 bits per heavy atom. The first-order valence-electron chi connectivity index (χ1n) is 3.08. The highest BCUT2D eigenvalue weighted by molar-refractivity contribution is 7.91. The van der Waals surface area contributed by atoms with Gasteiger partial charge in [0.2, 0.25) is 0 Å². The Hall–Kier alpha value is -0.780. The second-order valence-corrected chi connectivity index (χ2v) is 4.87. The first-order valence-corrected chi connectivity index (χ1v) is 5.03. The Bertz CT molecular complexity index is 240. The molecule has 0 saturated heterocycles. The summed E-state index contributed by atoms with van der Waals surface area (Å²) in [6.07, 6.45) is 1.15. The molecule has 0 aliphatic heterocycles. The number of aliphatic imine (C=N–C) groups is 1. The van der Waals surface area contributed by atoms with Gasteiger partial charge in [0.1, 0.15) is 0 Å². The average molecular weight is 179 g/mol. The molecule has 0 aliphatic rings. The van der Waals surface area contributed by atoms with Crippen LogP contribution in [0.25, 0.3) is 0 Å². The van der Waals surface area contributed by atoms with E-state index in [-0.39, 0.29) is 12.5 Å². The standard InChI is InChI=1S/C5H13N3O2S/c1-4(11(2,9)10)3-8-5(6)7/h4H,3H2,1-2H3,(H4,6,7,8). The van der Waals surface area contributed by atoms with Crippen LogP contribution in [0.5, 0.6) is 0 Å². The van der Waals surface area contributed by atoms with E-state index in [1.54, 1.807) is 6.92 Å². The van der Waals surface area contributed by atoms with Gasteiger partial charge in [-0.05, 0) is 6.92 Å². The van der Waals surface area contributed by atoms with Gasteiger partial charge in [-0.3, -0.25) is 4.99 Å². The molecule has 0 aliphatic carbocycles. The molecule has 5 nitrogen and oxygen atoms in total. The predicted molar refractivity (Wildman–Crippen MR) is 45.0 cm³/mol. The minimum absolute atomic E-state index is 0.0829. The van der Waals surface area contributed by atoms with Crippen LogP contribution in [0.1, 0.15) is 6.92 Å². The van der Waals surface area contributed by atoms with E-state index in [1.165, 1.54) is 0 Å². The second-order valence-electron chi connectivity index (χ2n) is 2.41. The predicted octanol–water partition coefficient (Wildman–Crippen LogP) is -1.31. The normalized spacial score (nSPS) is 14.0. The van der Waals surface area contributed by atoms with Crippen molar-refractivity contribution in [3.05, 3.63) is 0 Å². The van der Waals surface area contributed by atoms with Crippen LogP contribution >= 0.6 is 0 Å². The maximum absolute atomic E-state index is 10.8. The van der Waals surface area contributed by atoms with E-state index >= 15 is 0 Å². The average Bonchev–Trinajstić information content (AvgIpc) is 1.80. The molecule has 0 heterocycles. The highest BCUT2D eigenvalue weighted by atomic mass is 32.2. The maximum atomic E-state index is 10.8. The number of nitrogens with two attached hydrogens (primary N) is 2. The summed E-state index contributed by atoms with van der Waals surface area (Å²) < 4.78 is 21.6. The quantitative estimate of drug-likeness (QED) is 0.415. The van der Waals surface area contributed by atoms with Crippen LogP contribution in [0.2, 0.25) is 0 Å². The van der Waals surface area contributed by atoms with E-state index in [0.29, 0.717) is 0 Å². The third-order valence-electron chi connectivity index (χ3n) is 1.26. The number of guanidine groups is 1. The Morgan fingerprint density at radius 2 is 2.00 bits per heavy atom. The van der Waals surface area contributed by atoms with Crippen molar-refractivity contribution in [2.75, 3.05) is 12.8 Å². The highest BCUT2D eigenvalue weighted by Gasteiger charge is 2.13. The fraction of sp³-hybridized carbons (Fsp3) is 0.800. The van der Waals surface area contributed by atoms with Gasteiger partial charge in [0.25, 0.3) is 0 Å². The molecule has 0 spiro atoms. The van der Waals surface area contributed by atoms with Gasteiger partial charge in [0.05, 0.1) is 11.8 Å². The fourth-order valence-corrected chi connectivity index (χ4v) is 0.715. The first-order chi connectivity index (χ1) is 4.84. The highest BCUT2D eigenvalue weighted by Crippen LogP contribution is 1.97. The van der Waals surface area contributed by atoms with Crippen molar-refractivity contribution in [1.82, 2.24) is 0 Å². The summed E-state index contributed by atoms with van der Waals surface area (Å²) in [7, 11) is -3.02. The lowest BCUT2D eigenvalue weighted by Gasteiger charge is -2.04. The van der Waals surface area contributed by atoms with Crippen LogP contribution in [0.4, 0.5) is 0 Å². The van der Waals surface area contributed by atoms with Crippen LogP contribution < -0.4 is 11.5 Å². The molecule has 4 N–H and O–H groups in total. The van der Waals surface area contributed by atoms with Crippen molar-refractivity contribution in [3.63, 3.8) is 0 Å². The van der Waals surface area contributed by atoms with E-state index in [9.17, 15) is 8.42 Å². The van der Waals surface area contributed by atoms with Gasteiger partial charge in [-0.1, -0.05) is 0 Å². The van der Waals surface area contributed by atoms with Gasteiger partial charge in [-0.25, -0.2) is 8.42 Å².